The van der Waals surface area contributed by atoms with Gasteiger partial charge >= 0.3 is 0 Å². The molecular weight excluding hydrogens is 206 g/mol. The Morgan fingerprint density at radius 2 is 2.00 bits per heavy atom. The van der Waals surface area contributed by atoms with E-state index in [1.807, 2.05) is 6.92 Å². The number of ether oxygens (including phenoxy) is 1. The van der Waals surface area contributed by atoms with Gasteiger partial charge in [-0.2, -0.15) is 0 Å². The predicted molar refractivity (Wildman–Crippen MR) is 61.5 cm³/mol. The molecule has 4 nitrogen and oxygen atoms in total. The Morgan fingerprint density at radius 3 is 2.50 bits per heavy atom. The maximum Gasteiger partial charge on any atom is 0.253 e. The van der Waals surface area contributed by atoms with Crippen molar-refractivity contribution < 1.29 is 14.6 Å². The summed E-state index contributed by atoms with van der Waals surface area (Å²) in [6.45, 7) is 2.42. The molecule has 1 aromatic rings. The molecular formula is C12H17NO3. The van der Waals surface area contributed by atoms with E-state index in [0.29, 0.717) is 12.2 Å². The van der Waals surface area contributed by atoms with Gasteiger partial charge in [-0.3, -0.25) is 4.79 Å². The minimum atomic E-state index is -0.0791. The normalized spacial score (nSPS) is 12.2. The molecule has 16 heavy (non-hydrogen) atoms. The van der Waals surface area contributed by atoms with E-state index in [-0.39, 0.29) is 17.7 Å². The maximum atomic E-state index is 12.0. The van der Waals surface area contributed by atoms with Crippen molar-refractivity contribution in [2.75, 3.05) is 20.8 Å². The highest BCUT2D eigenvalue weighted by atomic mass is 16.5. The number of phenols is 1. The lowest BCUT2D eigenvalue weighted by atomic mass is 10.1. The van der Waals surface area contributed by atoms with Gasteiger partial charge in [-0.05, 0) is 31.2 Å². The molecule has 4 heteroatoms. The minimum absolute atomic E-state index is 0.0197. The quantitative estimate of drug-likeness (QED) is 0.841. The van der Waals surface area contributed by atoms with Crippen LogP contribution in [0.15, 0.2) is 24.3 Å². The number of benzene rings is 1. The third kappa shape index (κ3) is 2.97. The summed E-state index contributed by atoms with van der Waals surface area (Å²) in [6, 6.07) is 6.23. The van der Waals surface area contributed by atoms with Gasteiger partial charge in [0.15, 0.2) is 0 Å². The fourth-order valence-corrected chi connectivity index (χ4v) is 1.36. The summed E-state index contributed by atoms with van der Waals surface area (Å²) in [6.07, 6.45) is 0. The third-order valence-electron chi connectivity index (χ3n) is 2.50. The number of hydrogen-bond donors (Lipinski definition) is 1. The molecule has 0 saturated carbocycles. The Balaban J connectivity index is 2.73. The molecule has 88 valence electrons. The summed E-state index contributed by atoms with van der Waals surface area (Å²) >= 11 is 0. The van der Waals surface area contributed by atoms with Gasteiger partial charge in [0.1, 0.15) is 5.75 Å². The molecule has 1 unspecified atom stereocenters. The second-order valence-electron chi connectivity index (χ2n) is 3.77. The van der Waals surface area contributed by atoms with Crippen LogP contribution in [0.3, 0.4) is 0 Å². The van der Waals surface area contributed by atoms with E-state index in [4.69, 9.17) is 9.84 Å². The molecule has 1 amide bonds. The van der Waals surface area contributed by atoms with Crippen LogP contribution >= 0.6 is 0 Å². The largest absolute Gasteiger partial charge is 0.508 e. The number of nitrogens with zero attached hydrogens (tertiary/aromatic N) is 1. The highest BCUT2D eigenvalue weighted by molar-refractivity contribution is 5.94. The highest BCUT2D eigenvalue weighted by Crippen LogP contribution is 2.12. The van der Waals surface area contributed by atoms with Gasteiger partial charge in [-0.25, -0.2) is 0 Å². The van der Waals surface area contributed by atoms with E-state index in [0.717, 1.165) is 0 Å². The molecule has 0 aromatic heterocycles. The van der Waals surface area contributed by atoms with E-state index in [1.54, 1.807) is 31.2 Å². The average molecular weight is 223 g/mol. The van der Waals surface area contributed by atoms with Crippen molar-refractivity contribution in [3.8, 4) is 5.75 Å². The van der Waals surface area contributed by atoms with Crippen molar-refractivity contribution in [1.82, 2.24) is 4.90 Å². The van der Waals surface area contributed by atoms with Crippen molar-refractivity contribution in [2.45, 2.75) is 13.0 Å². The molecule has 0 radical (unpaired) electrons. The molecule has 0 aliphatic heterocycles. The Morgan fingerprint density at radius 1 is 1.44 bits per heavy atom. The lowest BCUT2D eigenvalue weighted by molar-refractivity contribution is 0.0633. The van der Waals surface area contributed by atoms with E-state index in [2.05, 4.69) is 0 Å². The molecule has 0 saturated heterocycles. The molecule has 1 atom stereocenters. The Kier molecular flexibility index (Phi) is 4.31. The highest BCUT2D eigenvalue weighted by Gasteiger charge is 2.16. The predicted octanol–water partition coefficient (Wildman–Crippen LogP) is 1.50. The molecule has 0 spiro atoms. The zero-order valence-corrected chi connectivity index (χ0v) is 9.80. The van der Waals surface area contributed by atoms with E-state index >= 15 is 0 Å². The summed E-state index contributed by atoms with van der Waals surface area (Å²) in [5.74, 6) is 0.0775. The maximum absolute atomic E-state index is 12.0. The van der Waals surface area contributed by atoms with Gasteiger partial charge in [-0.1, -0.05) is 0 Å². The zero-order valence-electron chi connectivity index (χ0n) is 9.80. The lowest BCUT2D eigenvalue weighted by Gasteiger charge is -2.24. The number of carbonyl (C=O) groups excluding carboxylic acids is 1. The fourth-order valence-electron chi connectivity index (χ4n) is 1.36. The second-order valence-corrected chi connectivity index (χ2v) is 3.77. The summed E-state index contributed by atoms with van der Waals surface area (Å²) < 4.78 is 5.00. The molecule has 1 N–H and O–H groups in total. The van der Waals surface area contributed by atoms with Crippen molar-refractivity contribution >= 4 is 5.91 Å². The van der Waals surface area contributed by atoms with Gasteiger partial charge in [-0.15, -0.1) is 0 Å². The average Bonchev–Trinajstić information content (AvgIpc) is 2.28. The summed E-state index contributed by atoms with van der Waals surface area (Å²) in [5, 5.41) is 9.13. The van der Waals surface area contributed by atoms with Crippen LogP contribution in [0.2, 0.25) is 0 Å². The van der Waals surface area contributed by atoms with Crippen molar-refractivity contribution in [1.29, 1.82) is 0 Å². The van der Waals surface area contributed by atoms with Crippen LogP contribution in [0.25, 0.3) is 0 Å². The molecule has 0 fully saturated rings. The monoisotopic (exact) mass is 223 g/mol. The smallest absolute Gasteiger partial charge is 0.253 e. The van der Waals surface area contributed by atoms with Crippen LogP contribution < -0.4 is 0 Å². The van der Waals surface area contributed by atoms with Crippen LogP contribution in [0.4, 0.5) is 0 Å². The van der Waals surface area contributed by atoms with Crippen LogP contribution in [-0.4, -0.2) is 42.7 Å². The van der Waals surface area contributed by atoms with Gasteiger partial charge in [0.25, 0.3) is 5.91 Å². The van der Waals surface area contributed by atoms with Crippen molar-refractivity contribution in [3.63, 3.8) is 0 Å². The van der Waals surface area contributed by atoms with Gasteiger partial charge in [0.05, 0.1) is 12.6 Å². The van der Waals surface area contributed by atoms with Gasteiger partial charge in [0.2, 0.25) is 0 Å². The number of amides is 1. The molecule has 1 aromatic carbocycles. The SMILES string of the molecule is COCC(C)N(C)C(=O)c1ccc(O)cc1. The number of aromatic hydroxyl groups is 1. The summed E-state index contributed by atoms with van der Waals surface area (Å²) in [4.78, 5) is 13.6. The number of carbonyl (C=O) groups is 1. The van der Waals surface area contributed by atoms with Crippen LogP contribution in [0.1, 0.15) is 17.3 Å². The number of methoxy groups -OCH3 is 1. The molecule has 0 aliphatic rings. The first-order valence-corrected chi connectivity index (χ1v) is 5.11. The van der Waals surface area contributed by atoms with Crippen molar-refractivity contribution in [3.05, 3.63) is 29.8 Å². The first kappa shape index (κ1) is 12.5. The summed E-state index contributed by atoms with van der Waals surface area (Å²) in [7, 11) is 3.34. The summed E-state index contributed by atoms with van der Waals surface area (Å²) in [5.41, 5.74) is 0.559. The number of phenolic OH excluding ortho intramolecular Hbond substituents is 1. The number of rotatable bonds is 4. The standard InChI is InChI=1S/C12H17NO3/c1-9(8-16-3)13(2)12(15)10-4-6-11(14)7-5-10/h4-7,9,14H,8H2,1-3H3. The third-order valence-corrected chi connectivity index (χ3v) is 2.50. The molecule has 1 rings (SSSR count). The van der Waals surface area contributed by atoms with E-state index < -0.39 is 0 Å². The Hall–Kier alpha value is -1.55. The first-order chi connectivity index (χ1) is 7.56. The Labute approximate surface area is 95.5 Å². The van der Waals surface area contributed by atoms with Crippen LogP contribution in [0, 0.1) is 0 Å². The Bertz CT molecular complexity index is 348. The topological polar surface area (TPSA) is 49.8 Å². The number of likely N-dealkylation sites (N-methyl/N-ethyl adjacent to an activating group) is 1. The van der Waals surface area contributed by atoms with E-state index in [1.165, 1.54) is 12.1 Å². The molecule has 0 aliphatic carbocycles. The van der Waals surface area contributed by atoms with Crippen LogP contribution in [-0.2, 0) is 4.74 Å². The van der Waals surface area contributed by atoms with Gasteiger partial charge < -0.3 is 14.7 Å². The van der Waals surface area contributed by atoms with Gasteiger partial charge in [0, 0.05) is 19.7 Å². The second kappa shape index (κ2) is 5.51. The fraction of sp³-hybridized carbons (Fsp3) is 0.417. The molecule has 0 heterocycles. The zero-order chi connectivity index (χ0) is 12.1. The lowest BCUT2D eigenvalue weighted by Crippen LogP contribution is -2.37. The van der Waals surface area contributed by atoms with Crippen molar-refractivity contribution in [2.24, 2.45) is 0 Å². The molecule has 0 bridgehead atoms. The van der Waals surface area contributed by atoms with Crippen LogP contribution in [0.5, 0.6) is 5.75 Å². The number of hydrogen-bond acceptors (Lipinski definition) is 3. The minimum Gasteiger partial charge on any atom is -0.508 e. The first-order valence-electron chi connectivity index (χ1n) is 5.11. The van der Waals surface area contributed by atoms with E-state index in [9.17, 15) is 4.79 Å².